The Bertz CT molecular complexity index is 1000. The van der Waals surface area contributed by atoms with Crippen LogP contribution in [0, 0.1) is 12.3 Å². The van der Waals surface area contributed by atoms with Crippen LogP contribution >= 0.6 is 0 Å². The number of benzene rings is 1. The zero-order chi connectivity index (χ0) is 19.2. The molecule has 0 spiro atoms. The molecule has 2 heterocycles. The summed E-state index contributed by atoms with van der Waals surface area (Å²) in [7, 11) is -2.28. The van der Waals surface area contributed by atoms with E-state index in [9.17, 15) is 9.00 Å². The predicted octanol–water partition coefficient (Wildman–Crippen LogP) is 3.35. The number of fused-ring (bicyclic) bond motifs is 2. The predicted molar refractivity (Wildman–Crippen MR) is 104 cm³/mol. The summed E-state index contributed by atoms with van der Waals surface area (Å²) in [6.07, 6.45) is 4.54. The number of nitrogens with zero attached hydrogens (tertiary/aromatic N) is 3. The number of carbonyl (C=O) groups excluding carboxylic acids is 1. The molecular weight excluding hydrogens is 364 g/mol. The second-order valence-electron chi connectivity index (χ2n) is 8.00. The second kappa shape index (κ2) is 6.67. The highest BCUT2D eigenvalue weighted by molar-refractivity contribution is 7.75. The molecule has 4 rings (SSSR count). The van der Waals surface area contributed by atoms with Gasteiger partial charge in [0.05, 0.1) is 29.9 Å². The van der Waals surface area contributed by atoms with E-state index < -0.39 is 16.6 Å². The molecule has 0 bridgehead atoms. The number of anilines is 1. The second-order valence-corrected chi connectivity index (χ2v) is 9.22. The number of amides is 2. The average molecular weight is 388 g/mol. The number of hydrogen-bond donors (Lipinski definition) is 2. The van der Waals surface area contributed by atoms with Crippen molar-refractivity contribution in [1.29, 1.82) is 0 Å². The van der Waals surface area contributed by atoms with Gasteiger partial charge in [0, 0.05) is 11.1 Å². The van der Waals surface area contributed by atoms with Crippen molar-refractivity contribution in [2.75, 3.05) is 11.9 Å². The molecule has 2 aliphatic rings. The molecule has 0 saturated carbocycles. The van der Waals surface area contributed by atoms with Gasteiger partial charge in [-0.3, -0.25) is 0 Å². The number of thiol groups is 1. The van der Waals surface area contributed by atoms with Crippen molar-refractivity contribution >= 4 is 22.3 Å². The van der Waals surface area contributed by atoms with Crippen molar-refractivity contribution < 1.29 is 13.7 Å². The fourth-order valence-electron chi connectivity index (χ4n) is 3.70. The molecule has 0 fully saturated rings. The van der Waals surface area contributed by atoms with Gasteiger partial charge in [0.2, 0.25) is 5.88 Å². The maximum Gasteiger partial charge on any atom is 0.353 e. The van der Waals surface area contributed by atoms with Gasteiger partial charge in [0.25, 0.3) is 0 Å². The summed E-state index contributed by atoms with van der Waals surface area (Å²) >= 11 is 0. The quantitative estimate of drug-likeness (QED) is 0.773. The summed E-state index contributed by atoms with van der Waals surface area (Å²) in [5.41, 5.74) is 4.19. The van der Waals surface area contributed by atoms with Gasteiger partial charge in [-0.2, -0.15) is 5.10 Å². The van der Waals surface area contributed by atoms with Gasteiger partial charge in [-0.05, 0) is 42.9 Å². The first-order valence-electron chi connectivity index (χ1n) is 9.14. The Balaban J connectivity index is 1.57. The first-order valence-corrected chi connectivity index (χ1v) is 10.4. The van der Waals surface area contributed by atoms with Crippen LogP contribution in [0.1, 0.15) is 37.0 Å². The van der Waals surface area contributed by atoms with Crippen LogP contribution in [0.3, 0.4) is 0 Å². The fraction of sp³-hybridized carbons (Fsp3) is 0.474. The molecule has 1 atom stereocenters. The normalized spacial score (nSPS) is 18.5. The van der Waals surface area contributed by atoms with E-state index in [4.69, 9.17) is 4.74 Å². The van der Waals surface area contributed by atoms with Crippen LogP contribution in [0.15, 0.2) is 27.6 Å². The van der Waals surface area contributed by atoms with Gasteiger partial charge in [-0.15, -0.1) is 4.36 Å². The van der Waals surface area contributed by atoms with Crippen molar-refractivity contribution in [1.82, 2.24) is 9.78 Å². The van der Waals surface area contributed by atoms with E-state index in [-0.39, 0.29) is 5.41 Å². The highest BCUT2D eigenvalue weighted by Crippen LogP contribution is 2.33. The Morgan fingerprint density at radius 1 is 1.37 bits per heavy atom. The minimum atomic E-state index is -2.28. The number of hydrogen-bond acceptors (Lipinski definition) is 4. The fourth-order valence-corrected chi connectivity index (χ4v) is 4.51. The molecule has 0 radical (unpaired) electrons. The monoisotopic (exact) mass is 388 g/mol. The lowest BCUT2D eigenvalue weighted by molar-refractivity contribution is 0.0972. The van der Waals surface area contributed by atoms with Crippen molar-refractivity contribution in [2.45, 2.75) is 51.5 Å². The first-order chi connectivity index (χ1) is 12.8. The largest absolute Gasteiger partial charge is 0.476 e. The van der Waals surface area contributed by atoms with E-state index >= 15 is 0 Å². The number of carbonyl (C=O) groups is 1. The lowest BCUT2D eigenvalue weighted by Gasteiger charge is -2.30. The molecule has 1 aliphatic heterocycles. The maximum absolute atomic E-state index is 12.6. The average Bonchev–Trinajstić information content (AvgIpc) is 3.22. The van der Waals surface area contributed by atoms with Gasteiger partial charge in [0.15, 0.2) is 0 Å². The summed E-state index contributed by atoms with van der Waals surface area (Å²) < 4.78 is 23.9. The molecule has 1 N–H and O–H groups in total. The summed E-state index contributed by atoms with van der Waals surface area (Å²) in [5.74, 6) is 0.448. The topological polar surface area (TPSA) is 85.6 Å². The Hall–Kier alpha value is -2.35. The van der Waals surface area contributed by atoms with E-state index in [1.165, 1.54) is 17.3 Å². The smallest absolute Gasteiger partial charge is 0.353 e. The molecule has 27 heavy (non-hydrogen) atoms. The number of urea groups is 1. The minimum absolute atomic E-state index is 0.0400. The first kappa shape index (κ1) is 18.0. The summed E-state index contributed by atoms with van der Waals surface area (Å²) in [4.78, 5) is 12.8. The lowest BCUT2D eigenvalue weighted by Crippen LogP contribution is -2.33. The summed E-state index contributed by atoms with van der Waals surface area (Å²) in [6, 6.07) is 3.52. The zero-order valence-corrected chi connectivity index (χ0v) is 16.7. The van der Waals surface area contributed by atoms with Crippen molar-refractivity contribution in [3.05, 3.63) is 35.0 Å². The highest BCUT2D eigenvalue weighted by atomic mass is 32.2. The number of aryl methyl sites for hydroxylation is 2. The number of nitrogens with one attached hydrogen (secondary N) is 1. The molecule has 8 heteroatoms. The molecule has 1 unspecified atom stereocenters. The molecule has 1 aromatic carbocycles. The van der Waals surface area contributed by atoms with E-state index in [2.05, 4.69) is 34.7 Å². The van der Waals surface area contributed by atoms with Crippen LogP contribution in [0.2, 0.25) is 0 Å². The molecule has 1 aliphatic carbocycles. The SMILES string of the molecule is Cc1ccc2c(c1NC(=O)N=[SH](=O)c1cnn3c1OCC(C)(C)C3)CCC2. The van der Waals surface area contributed by atoms with Gasteiger partial charge < -0.3 is 10.1 Å². The third kappa shape index (κ3) is 3.45. The molecule has 0 saturated heterocycles. The maximum atomic E-state index is 12.6. The van der Waals surface area contributed by atoms with Gasteiger partial charge in [0.1, 0.15) is 4.90 Å². The van der Waals surface area contributed by atoms with E-state index in [1.807, 2.05) is 13.0 Å². The van der Waals surface area contributed by atoms with Gasteiger partial charge >= 0.3 is 6.03 Å². The van der Waals surface area contributed by atoms with E-state index in [1.54, 1.807) is 4.68 Å². The third-order valence-electron chi connectivity index (χ3n) is 5.06. The number of rotatable bonds is 2. The van der Waals surface area contributed by atoms with E-state index in [0.29, 0.717) is 23.9 Å². The summed E-state index contributed by atoms with van der Waals surface area (Å²) in [5, 5.41) is 7.08. The van der Waals surface area contributed by atoms with Crippen LogP contribution in [0.25, 0.3) is 0 Å². The standard InChI is InChI=1S/C19H24N4O3S/c1-12-7-8-13-5-4-6-14(13)16(12)21-18(24)22-27(25)15-9-20-23-10-19(2,3)11-26-17(15)23/h7-9,27H,4-6,10-11H2,1-3H3,(H,21,24). The van der Waals surface area contributed by atoms with Crippen LogP contribution in [0.4, 0.5) is 10.5 Å². The van der Waals surface area contributed by atoms with Gasteiger partial charge in [-0.25, -0.2) is 13.7 Å². The number of ether oxygens (including phenoxy) is 1. The van der Waals surface area contributed by atoms with Crippen molar-refractivity contribution in [3.8, 4) is 5.88 Å². The zero-order valence-electron chi connectivity index (χ0n) is 15.8. The van der Waals surface area contributed by atoms with Gasteiger partial charge in [-0.1, -0.05) is 26.0 Å². The Kier molecular flexibility index (Phi) is 4.46. The van der Waals surface area contributed by atoms with Crippen LogP contribution in [-0.4, -0.2) is 26.6 Å². The van der Waals surface area contributed by atoms with Crippen molar-refractivity contribution in [3.63, 3.8) is 0 Å². The molecule has 7 nitrogen and oxygen atoms in total. The molecule has 2 amide bonds. The number of aromatic nitrogens is 2. The van der Waals surface area contributed by atoms with Crippen LogP contribution in [-0.2, 0) is 30.0 Å². The summed E-state index contributed by atoms with van der Waals surface area (Å²) in [6.45, 7) is 7.30. The lowest BCUT2D eigenvalue weighted by atomic mass is 9.94. The molecular formula is C19H24N4O3S. The van der Waals surface area contributed by atoms with Crippen LogP contribution < -0.4 is 10.1 Å². The van der Waals surface area contributed by atoms with Crippen LogP contribution in [0.5, 0.6) is 5.88 Å². The third-order valence-corrected chi connectivity index (χ3v) is 6.14. The Labute approximate surface area is 160 Å². The molecule has 1 aromatic heterocycles. The minimum Gasteiger partial charge on any atom is -0.476 e. The van der Waals surface area contributed by atoms with E-state index in [0.717, 1.165) is 30.5 Å². The Morgan fingerprint density at radius 2 is 2.19 bits per heavy atom. The molecule has 2 aromatic rings. The molecule has 144 valence electrons. The van der Waals surface area contributed by atoms with Crippen molar-refractivity contribution in [2.24, 2.45) is 9.78 Å². The Morgan fingerprint density at radius 3 is 3.00 bits per heavy atom. The highest BCUT2D eigenvalue weighted by Gasteiger charge is 2.29.